The Balaban J connectivity index is 1.53. The van der Waals surface area contributed by atoms with E-state index in [0.29, 0.717) is 5.92 Å². The van der Waals surface area contributed by atoms with E-state index in [4.69, 9.17) is 0 Å². The number of rotatable bonds is 4. The number of aromatic nitrogens is 2. The molecule has 1 N–H and O–H groups in total. The van der Waals surface area contributed by atoms with Crippen molar-refractivity contribution >= 4 is 45.1 Å². The van der Waals surface area contributed by atoms with E-state index in [0.717, 1.165) is 39.7 Å². The fraction of sp³-hybridized carbons (Fsp3) is 0.364. The van der Waals surface area contributed by atoms with Gasteiger partial charge in [0.15, 0.2) is 0 Å². The van der Waals surface area contributed by atoms with E-state index in [9.17, 15) is 4.79 Å². The van der Waals surface area contributed by atoms with Crippen molar-refractivity contribution in [1.29, 1.82) is 0 Å². The van der Waals surface area contributed by atoms with Crippen LogP contribution in [0, 0.1) is 9.62 Å². The van der Waals surface area contributed by atoms with Crippen molar-refractivity contribution in [2.45, 2.75) is 38.0 Å². The number of anilines is 1. The lowest BCUT2D eigenvalue weighted by Crippen LogP contribution is -2.34. The van der Waals surface area contributed by atoms with Gasteiger partial charge in [-0.2, -0.15) is 5.10 Å². The Bertz CT molecular complexity index is 1060. The van der Waals surface area contributed by atoms with E-state index >= 15 is 0 Å². The molecule has 1 saturated carbocycles. The number of H-pyrrole nitrogens is 1. The number of amides is 1. The molecule has 2 unspecified atom stereocenters. The van der Waals surface area contributed by atoms with Gasteiger partial charge >= 0.3 is 0 Å². The van der Waals surface area contributed by atoms with Crippen LogP contribution in [0.15, 0.2) is 42.5 Å². The molecule has 3 aromatic rings. The van der Waals surface area contributed by atoms with E-state index < -0.39 is 0 Å². The number of hydrogen-bond donors (Lipinski definition) is 1. The number of carbonyl (C=O) groups is 1. The molecule has 1 spiro atoms. The SMILES string of the molecule is CC(C)CCN1C(=O)C2(CC2c2ccc3c(I)[nH]nc3c2)c2ccccc21. The summed E-state index contributed by atoms with van der Waals surface area (Å²) in [6.07, 6.45) is 1.92. The van der Waals surface area contributed by atoms with Gasteiger partial charge in [0.1, 0.15) is 3.70 Å². The normalized spacial score (nSPS) is 23.6. The van der Waals surface area contributed by atoms with Crippen LogP contribution in [0.3, 0.4) is 0 Å². The highest BCUT2D eigenvalue weighted by molar-refractivity contribution is 14.1. The lowest BCUT2D eigenvalue weighted by Gasteiger charge is -2.19. The molecule has 0 bridgehead atoms. The molecule has 1 aliphatic carbocycles. The Morgan fingerprint density at radius 2 is 2.11 bits per heavy atom. The van der Waals surface area contributed by atoms with Crippen molar-refractivity contribution in [2.75, 3.05) is 11.4 Å². The van der Waals surface area contributed by atoms with Crippen molar-refractivity contribution in [1.82, 2.24) is 10.2 Å². The number of nitrogens with zero attached hydrogens (tertiary/aromatic N) is 2. The van der Waals surface area contributed by atoms with Crippen molar-refractivity contribution in [2.24, 2.45) is 5.92 Å². The molecule has 1 fully saturated rings. The second-order valence-corrected chi connectivity index (χ2v) is 9.28. The summed E-state index contributed by atoms with van der Waals surface area (Å²) >= 11 is 2.27. The van der Waals surface area contributed by atoms with Crippen LogP contribution in [-0.4, -0.2) is 22.6 Å². The summed E-state index contributed by atoms with van der Waals surface area (Å²) in [5.41, 5.74) is 4.15. The fourth-order valence-corrected chi connectivity index (χ4v) is 5.15. The molecule has 4 nitrogen and oxygen atoms in total. The van der Waals surface area contributed by atoms with Gasteiger partial charge in [-0.05, 0) is 70.7 Å². The first kappa shape index (κ1) is 17.2. The van der Waals surface area contributed by atoms with Crippen LogP contribution < -0.4 is 4.90 Å². The standard InChI is InChI=1S/C22H22IN3O/c1-13(2)9-10-26-19-6-4-3-5-16(19)22(21(26)27)12-17(22)14-7-8-15-18(11-14)24-25-20(15)23/h3-8,11,13,17H,9-10,12H2,1-2H3,(H,24,25). The Kier molecular flexibility index (Phi) is 3.86. The van der Waals surface area contributed by atoms with Gasteiger partial charge in [0.2, 0.25) is 5.91 Å². The molecule has 5 heteroatoms. The largest absolute Gasteiger partial charge is 0.311 e. The van der Waals surface area contributed by atoms with Gasteiger partial charge in [-0.25, -0.2) is 0 Å². The maximum atomic E-state index is 13.5. The summed E-state index contributed by atoms with van der Waals surface area (Å²) in [6, 6.07) is 14.8. The minimum atomic E-state index is -0.370. The molecule has 27 heavy (non-hydrogen) atoms. The van der Waals surface area contributed by atoms with Crippen molar-refractivity contribution in [3.8, 4) is 0 Å². The van der Waals surface area contributed by atoms with Crippen LogP contribution in [-0.2, 0) is 10.2 Å². The van der Waals surface area contributed by atoms with E-state index in [2.05, 4.69) is 83.0 Å². The third-order valence-corrected chi connectivity index (χ3v) is 6.95. The average molecular weight is 471 g/mol. The fourth-order valence-electron chi connectivity index (χ4n) is 4.57. The van der Waals surface area contributed by atoms with Gasteiger partial charge in [-0.1, -0.05) is 38.1 Å². The lowest BCUT2D eigenvalue weighted by molar-refractivity contribution is -0.120. The summed E-state index contributed by atoms with van der Waals surface area (Å²) in [4.78, 5) is 15.5. The molecule has 0 saturated heterocycles. The quantitative estimate of drug-likeness (QED) is 0.546. The zero-order valence-electron chi connectivity index (χ0n) is 15.5. The molecule has 2 aliphatic rings. The second-order valence-electron chi connectivity index (χ2n) is 8.20. The number of fused-ring (bicyclic) bond motifs is 3. The molecular weight excluding hydrogens is 449 g/mol. The van der Waals surface area contributed by atoms with Gasteiger partial charge < -0.3 is 4.90 Å². The molecule has 1 aliphatic heterocycles. The van der Waals surface area contributed by atoms with E-state index in [1.807, 2.05) is 11.0 Å². The maximum absolute atomic E-state index is 13.5. The predicted octanol–water partition coefficient (Wildman–Crippen LogP) is 4.99. The van der Waals surface area contributed by atoms with Crippen molar-refractivity contribution in [3.63, 3.8) is 0 Å². The number of nitrogens with one attached hydrogen (secondary N) is 1. The number of benzene rings is 2. The first-order valence-electron chi connectivity index (χ1n) is 9.57. The van der Waals surface area contributed by atoms with Crippen LogP contribution >= 0.6 is 22.6 Å². The molecule has 138 valence electrons. The molecule has 2 heterocycles. The number of aromatic amines is 1. The summed E-state index contributed by atoms with van der Waals surface area (Å²) in [7, 11) is 0. The third kappa shape index (κ3) is 2.47. The topological polar surface area (TPSA) is 49.0 Å². The first-order chi connectivity index (χ1) is 13.0. The smallest absolute Gasteiger partial charge is 0.238 e. The second kappa shape index (κ2) is 6.06. The zero-order valence-corrected chi connectivity index (χ0v) is 17.7. The van der Waals surface area contributed by atoms with E-state index in [-0.39, 0.29) is 17.2 Å². The molecule has 1 amide bonds. The average Bonchev–Trinajstić information content (AvgIpc) is 3.25. The highest BCUT2D eigenvalue weighted by atomic mass is 127. The Morgan fingerprint density at radius 1 is 1.30 bits per heavy atom. The molecule has 1 aromatic heterocycles. The predicted molar refractivity (Wildman–Crippen MR) is 116 cm³/mol. The Morgan fingerprint density at radius 3 is 2.93 bits per heavy atom. The van der Waals surface area contributed by atoms with Crippen LogP contribution in [0.25, 0.3) is 10.9 Å². The molecular formula is C22H22IN3O. The summed E-state index contributed by atoms with van der Waals surface area (Å²) in [5.74, 6) is 1.11. The molecule has 2 atom stereocenters. The van der Waals surface area contributed by atoms with Crippen LogP contribution in [0.5, 0.6) is 0 Å². The number of carbonyl (C=O) groups excluding carboxylic acids is 1. The lowest BCUT2D eigenvalue weighted by atomic mass is 9.92. The summed E-state index contributed by atoms with van der Waals surface area (Å²) in [6.45, 7) is 5.23. The monoisotopic (exact) mass is 471 g/mol. The van der Waals surface area contributed by atoms with Crippen molar-refractivity contribution in [3.05, 3.63) is 57.3 Å². The molecule has 5 rings (SSSR count). The highest BCUT2D eigenvalue weighted by Gasteiger charge is 2.66. The van der Waals surface area contributed by atoms with Gasteiger partial charge in [0, 0.05) is 23.5 Å². The Labute approximate surface area is 172 Å². The van der Waals surface area contributed by atoms with Gasteiger partial charge in [-0.3, -0.25) is 9.89 Å². The van der Waals surface area contributed by atoms with Crippen LogP contribution in [0.4, 0.5) is 5.69 Å². The minimum Gasteiger partial charge on any atom is -0.311 e. The number of halogens is 1. The molecule has 0 radical (unpaired) electrons. The van der Waals surface area contributed by atoms with Crippen molar-refractivity contribution < 1.29 is 4.79 Å². The summed E-state index contributed by atoms with van der Waals surface area (Å²) in [5, 5.41) is 8.59. The van der Waals surface area contributed by atoms with Crippen LogP contribution in [0.1, 0.15) is 43.7 Å². The van der Waals surface area contributed by atoms with Gasteiger partial charge in [0.25, 0.3) is 0 Å². The first-order valence-corrected chi connectivity index (χ1v) is 10.6. The molecule has 2 aromatic carbocycles. The third-order valence-electron chi connectivity index (χ3n) is 6.13. The van der Waals surface area contributed by atoms with Gasteiger partial charge in [-0.15, -0.1) is 0 Å². The highest BCUT2D eigenvalue weighted by Crippen LogP contribution is 2.66. The Hall–Kier alpha value is -1.89. The maximum Gasteiger partial charge on any atom is 0.238 e. The zero-order chi connectivity index (χ0) is 18.8. The minimum absolute atomic E-state index is 0.244. The summed E-state index contributed by atoms with van der Waals surface area (Å²) < 4.78 is 1.06. The number of hydrogen-bond acceptors (Lipinski definition) is 2. The van der Waals surface area contributed by atoms with E-state index in [1.54, 1.807) is 0 Å². The van der Waals surface area contributed by atoms with Crippen LogP contribution in [0.2, 0.25) is 0 Å². The van der Waals surface area contributed by atoms with E-state index in [1.165, 1.54) is 11.1 Å². The van der Waals surface area contributed by atoms with Gasteiger partial charge in [0.05, 0.1) is 10.9 Å². The number of para-hydroxylation sites is 1.